The zero-order chi connectivity index (χ0) is 13.4. The molecule has 19 heavy (non-hydrogen) atoms. The summed E-state index contributed by atoms with van der Waals surface area (Å²) in [6.45, 7) is 3.04. The molecule has 7 nitrogen and oxygen atoms in total. The lowest BCUT2D eigenvalue weighted by Gasteiger charge is -2.28. The summed E-state index contributed by atoms with van der Waals surface area (Å²) in [4.78, 5) is 15.8. The van der Waals surface area contributed by atoms with Crippen LogP contribution in [0.1, 0.15) is 19.8 Å². The molecule has 8 heteroatoms. The second-order valence-corrected chi connectivity index (χ2v) is 5.69. The van der Waals surface area contributed by atoms with Crippen LogP contribution in [-0.2, 0) is 0 Å². The molecule has 2 atom stereocenters. The van der Waals surface area contributed by atoms with E-state index >= 15 is 0 Å². The lowest BCUT2D eigenvalue weighted by molar-refractivity contribution is -0.389. The highest BCUT2D eigenvalue weighted by atomic mass is 32.1. The number of nitrogens with one attached hydrogen (secondary N) is 2. The van der Waals surface area contributed by atoms with Gasteiger partial charge in [0.25, 0.3) is 4.96 Å². The minimum absolute atomic E-state index is 0.0300. The second kappa shape index (κ2) is 4.78. The topological polar surface area (TPSA) is 84.5 Å². The van der Waals surface area contributed by atoms with E-state index in [2.05, 4.69) is 22.5 Å². The molecule has 0 amide bonds. The number of piperidine rings is 1. The number of hydrogen-bond donors (Lipinski definition) is 2. The average molecular weight is 281 g/mol. The summed E-state index contributed by atoms with van der Waals surface area (Å²) in [5.74, 6) is 0.415. The van der Waals surface area contributed by atoms with Crippen molar-refractivity contribution in [2.45, 2.75) is 31.8 Å². The lowest BCUT2D eigenvalue weighted by atomic mass is 10.0. The van der Waals surface area contributed by atoms with Crippen LogP contribution in [0, 0.1) is 10.1 Å². The molecule has 1 saturated heterocycles. The van der Waals surface area contributed by atoms with Gasteiger partial charge in [-0.25, -0.2) is 0 Å². The summed E-state index contributed by atoms with van der Waals surface area (Å²) in [7, 11) is 0. The Morgan fingerprint density at radius 3 is 3.26 bits per heavy atom. The normalized spacial score (nSPS) is 23.6. The molecule has 2 aromatic rings. The van der Waals surface area contributed by atoms with Crippen LogP contribution in [0.5, 0.6) is 0 Å². The maximum absolute atomic E-state index is 11.2. The van der Waals surface area contributed by atoms with Gasteiger partial charge in [-0.2, -0.15) is 9.38 Å². The van der Waals surface area contributed by atoms with E-state index in [1.165, 1.54) is 15.7 Å². The van der Waals surface area contributed by atoms with E-state index in [-0.39, 0.29) is 16.8 Å². The number of hydrogen-bond acceptors (Lipinski definition) is 6. The molecular weight excluding hydrogens is 266 g/mol. The Kier molecular flexibility index (Phi) is 3.11. The van der Waals surface area contributed by atoms with Crippen LogP contribution >= 0.6 is 11.3 Å². The molecule has 0 saturated carbocycles. The predicted octanol–water partition coefficient (Wildman–Crippen LogP) is 1.86. The van der Waals surface area contributed by atoms with Crippen molar-refractivity contribution < 1.29 is 4.92 Å². The molecule has 2 N–H and O–H groups in total. The summed E-state index contributed by atoms with van der Waals surface area (Å²) in [5.41, 5.74) is 0. The monoisotopic (exact) mass is 281 g/mol. The fraction of sp³-hybridized carbons (Fsp3) is 0.545. The molecule has 0 bridgehead atoms. The highest BCUT2D eigenvalue weighted by molar-refractivity contribution is 7.15. The summed E-state index contributed by atoms with van der Waals surface area (Å²) in [5, 5.41) is 19.6. The van der Waals surface area contributed by atoms with E-state index in [9.17, 15) is 10.1 Å². The van der Waals surface area contributed by atoms with Crippen molar-refractivity contribution in [3.8, 4) is 0 Å². The van der Waals surface area contributed by atoms with Crippen molar-refractivity contribution in [1.29, 1.82) is 0 Å². The van der Waals surface area contributed by atoms with Crippen molar-refractivity contribution >= 4 is 27.9 Å². The minimum atomic E-state index is -0.375. The zero-order valence-corrected chi connectivity index (χ0v) is 11.3. The predicted molar refractivity (Wildman–Crippen MR) is 73.8 cm³/mol. The maximum atomic E-state index is 11.2. The summed E-state index contributed by atoms with van der Waals surface area (Å²) in [6.07, 6.45) is 3.58. The molecule has 1 aliphatic heterocycles. The molecular formula is C11H15N5O2S. The van der Waals surface area contributed by atoms with E-state index in [0.29, 0.717) is 16.8 Å². The highest BCUT2D eigenvalue weighted by Crippen LogP contribution is 2.29. The molecule has 0 spiro atoms. The number of nitro groups is 1. The highest BCUT2D eigenvalue weighted by Gasteiger charge is 2.27. The molecule has 3 rings (SSSR count). The van der Waals surface area contributed by atoms with Crippen molar-refractivity contribution in [3.63, 3.8) is 0 Å². The first-order chi connectivity index (χ1) is 9.15. The molecule has 0 aliphatic carbocycles. The molecule has 2 unspecified atom stereocenters. The smallest absolute Gasteiger partial charge is 0.360 e. The van der Waals surface area contributed by atoms with Gasteiger partial charge in [0.1, 0.15) is 6.20 Å². The summed E-state index contributed by atoms with van der Waals surface area (Å²) in [6, 6.07) is 0.661. The summed E-state index contributed by atoms with van der Waals surface area (Å²) >= 11 is 1.40. The molecule has 2 aromatic heterocycles. The van der Waals surface area contributed by atoms with E-state index in [1.54, 1.807) is 11.6 Å². The Hall–Kier alpha value is -1.67. The third-order valence-electron chi connectivity index (χ3n) is 3.37. The number of imidazole rings is 1. The van der Waals surface area contributed by atoms with E-state index < -0.39 is 0 Å². The van der Waals surface area contributed by atoms with Crippen molar-refractivity contribution in [1.82, 2.24) is 14.7 Å². The van der Waals surface area contributed by atoms with Crippen LogP contribution in [-0.4, -0.2) is 32.9 Å². The van der Waals surface area contributed by atoms with E-state index in [1.807, 2.05) is 0 Å². The maximum Gasteiger partial charge on any atom is 0.372 e. The first kappa shape index (κ1) is 12.4. The van der Waals surface area contributed by atoms with Crippen molar-refractivity contribution in [3.05, 3.63) is 21.7 Å². The Morgan fingerprint density at radius 2 is 2.53 bits per heavy atom. The first-order valence-corrected chi connectivity index (χ1v) is 7.13. The Labute approximate surface area is 113 Å². The average Bonchev–Trinajstić information content (AvgIpc) is 2.88. The van der Waals surface area contributed by atoms with Crippen LogP contribution in [0.15, 0.2) is 11.6 Å². The van der Waals surface area contributed by atoms with Crippen LogP contribution in [0.25, 0.3) is 4.96 Å². The van der Waals surface area contributed by atoms with Gasteiger partial charge in [0.05, 0.1) is 0 Å². The number of rotatable bonds is 3. The van der Waals surface area contributed by atoms with Crippen LogP contribution in [0.2, 0.25) is 0 Å². The van der Waals surface area contributed by atoms with Gasteiger partial charge in [-0.1, -0.05) is 11.3 Å². The van der Waals surface area contributed by atoms with Gasteiger partial charge in [0, 0.05) is 17.5 Å². The van der Waals surface area contributed by atoms with Crippen molar-refractivity contribution in [2.24, 2.45) is 0 Å². The fourth-order valence-electron chi connectivity index (χ4n) is 2.50. The molecule has 1 fully saturated rings. The van der Waals surface area contributed by atoms with Gasteiger partial charge >= 0.3 is 5.82 Å². The molecule has 1 aliphatic rings. The van der Waals surface area contributed by atoms with Crippen molar-refractivity contribution in [2.75, 3.05) is 11.9 Å². The van der Waals surface area contributed by atoms with Gasteiger partial charge < -0.3 is 20.7 Å². The lowest BCUT2D eigenvalue weighted by Crippen LogP contribution is -2.41. The molecule has 0 radical (unpaired) electrons. The number of anilines is 1. The Balaban J connectivity index is 1.89. The van der Waals surface area contributed by atoms with E-state index in [4.69, 9.17) is 0 Å². The van der Waals surface area contributed by atoms with Crippen LogP contribution in [0.3, 0.4) is 0 Å². The number of thiazole rings is 1. The third-order valence-corrected chi connectivity index (χ3v) is 4.13. The van der Waals surface area contributed by atoms with E-state index in [0.717, 1.165) is 19.4 Å². The van der Waals surface area contributed by atoms with Gasteiger partial charge in [0.2, 0.25) is 5.82 Å². The number of nitrogens with zero attached hydrogens (tertiary/aromatic N) is 3. The van der Waals surface area contributed by atoms with Crippen LogP contribution in [0.4, 0.5) is 11.6 Å². The SMILES string of the molecule is CC1CC(Nc2nc3sccn3c2[N+](=O)[O-])CCN1. The first-order valence-electron chi connectivity index (χ1n) is 6.25. The largest absolute Gasteiger partial charge is 0.372 e. The Bertz CT molecular complexity index is 607. The minimum Gasteiger partial charge on any atom is -0.360 e. The molecule has 0 aromatic carbocycles. The van der Waals surface area contributed by atoms with Crippen LogP contribution < -0.4 is 10.6 Å². The Morgan fingerprint density at radius 1 is 1.68 bits per heavy atom. The number of aromatic nitrogens is 2. The quantitative estimate of drug-likeness (QED) is 0.662. The van der Waals surface area contributed by atoms with Gasteiger partial charge in [-0.3, -0.25) is 0 Å². The van der Waals surface area contributed by atoms with Gasteiger partial charge in [-0.05, 0) is 31.2 Å². The third kappa shape index (κ3) is 2.28. The second-order valence-electron chi connectivity index (χ2n) is 4.82. The zero-order valence-electron chi connectivity index (χ0n) is 10.5. The summed E-state index contributed by atoms with van der Waals surface area (Å²) < 4.78 is 1.53. The van der Waals surface area contributed by atoms with Gasteiger partial charge in [-0.15, -0.1) is 0 Å². The number of fused-ring (bicyclic) bond motifs is 1. The molecule has 3 heterocycles. The standard InChI is InChI=1S/C11H15N5O2S/c1-7-6-8(2-3-12-7)13-9-10(16(17)18)15-4-5-19-11(15)14-9/h4-5,7-8,12-13H,2-3,6H2,1H3. The molecule has 102 valence electrons. The fourth-order valence-corrected chi connectivity index (χ4v) is 3.21. The van der Waals surface area contributed by atoms with Gasteiger partial charge in [0.15, 0.2) is 0 Å².